The van der Waals surface area contributed by atoms with Gasteiger partial charge in [0.2, 0.25) is 0 Å². The van der Waals surface area contributed by atoms with Gasteiger partial charge < -0.3 is 10.2 Å². The summed E-state index contributed by atoms with van der Waals surface area (Å²) in [5, 5.41) is 3.52. The van der Waals surface area contributed by atoms with Crippen molar-refractivity contribution in [3.63, 3.8) is 0 Å². The van der Waals surface area contributed by atoms with Crippen molar-refractivity contribution in [1.29, 1.82) is 0 Å². The van der Waals surface area contributed by atoms with Gasteiger partial charge >= 0.3 is 0 Å². The molecule has 20 heavy (non-hydrogen) atoms. The second kappa shape index (κ2) is 6.57. The molecule has 0 saturated heterocycles. The van der Waals surface area contributed by atoms with E-state index in [2.05, 4.69) is 51.0 Å². The Morgan fingerprint density at radius 1 is 1.40 bits per heavy atom. The maximum absolute atomic E-state index is 4.80. The summed E-state index contributed by atoms with van der Waals surface area (Å²) in [5.74, 6) is 2.93. The van der Waals surface area contributed by atoms with Crippen molar-refractivity contribution in [3.05, 3.63) is 22.9 Å². The lowest BCUT2D eigenvalue weighted by atomic mass is 10.1. The minimum Gasteiger partial charge on any atom is -0.359 e. The normalized spacial score (nSPS) is 21.1. The van der Waals surface area contributed by atoms with Crippen LogP contribution in [0.3, 0.4) is 0 Å². The largest absolute Gasteiger partial charge is 0.359 e. The van der Waals surface area contributed by atoms with Crippen LogP contribution in [0, 0.1) is 25.7 Å². The van der Waals surface area contributed by atoms with Crippen LogP contribution >= 0.6 is 0 Å². The fourth-order valence-electron chi connectivity index (χ4n) is 2.86. The Bertz CT molecular complexity index is 456. The average molecular weight is 275 g/mol. The summed E-state index contributed by atoms with van der Waals surface area (Å²) in [6, 6.07) is 2.19. The minimum absolute atomic E-state index is 0.860. The van der Waals surface area contributed by atoms with Crippen LogP contribution in [0.25, 0.3) is 0 Å². The molecule has 3 heteroatoms. The Hall–Kier alpha value is -1.09. The molecule has 0 amide bonds. The van der Waals surface area contributed by atoms with E-state index in [0.29, 0.717) is 0 Å². The van der Waals surface area contributed by atoms with Crippen molar-refractivity contribution >= 4 is 5.82 Å². The first-order chi connectivity index (χ1) is 9.52. The van der Waals surface area contributed by atoms with Gasteiger partial charge in [-0.1, -0.05) is 13.8 Å². The van der Waals surface area contributed by atoms with E-state index in [4.69, 9.17) is 4.98 Å². The first-order valence-corrected chi connectivity index (χ1v) is 7.91. The van der Waals surface area contributed by atoms with E-state index in [1.165, 1.54) is 29.8 Å². The molecular weight excluding hydrogens is 246 g/mol. The molecule has 2 rings (SSSR count). The Balaban J connectivity index is 2.15. The molecule has 1 aliphatic carbocycles. The van der Waals surface area contributed by atoms with Gasteiger partial charge in [0.05, 0.1) is 0 Å². The van der Waals surface area contributed by atoms with E-state index in [9.17, 15) is 0 Å². The highest BCUT2D eigenvalue weighted by atomic mass is 15.2. The molecule has 1 aromatic rings. The molecule has 0 radical (unpaired) electrons. The summed E-state index contributed by atoms with van der Waals surface area (Å²) in [6.07, 6.45) is 2.54. The maximum atomic E-state index is 4.80. The molecule has 0 bridgehead atoms. The van der Waals surface area contributed by atoms with Gasteiger partial charge in [-0.05, 0) is 56.7 Å². The summed E-state index contributed by atoms with van der Waals surface area (Å²) >= 11 is 0. The minimum atomic E-state index is 0.860. The maximum Gasteiger partial charge on any atom is 0.133 e. The zero-order chi connectivity index (χ0) is 14.7. The van der Waals surface area contributed by atoms with Gasteiger partial charge in [-0.15, -0.1) is 0 Å². The number of aromatic nitrogens is 1. The van der Waals surface area contributed by atoms with Gasteiger partial charge in [0.1, 0.15) is 5.82 Å². The molecule has 2 unspecified atom stereocenters. The second-order valence-corrected chi connectivity index (χ2v) is 6.41. The van der Waals surface area contributed by atoms with Crippen LogP contribution in [-0.2, 0) is 6.54 Å². The Morgan fingerprint density at radius 2 is 2.10 bits per heavy atom. The SMILES string of the molecule is CCCNCc1c(C)cc(C)nc1N(C)CC1CC1C. The lowest BCUT2D eigenvalue weighted by molar-refractivity contribution is 0.663. The molecule has 0 spiro atoms. The molecule has 2 atom stereocenters. The molecule has 1 aliphatic rings. The topological polar surface area (TPSA) is 28.2 Å². The molecule has 1 saturated carbocycles. The van der Waals surface area contributed by atoms with E-state index in [0.717, 1.165) is 37.2 Å². The number of pyridine rings is 1. The van der Waals surface area contributed by atoms with E-state index in [-0.39, 0.29) is 0 Å². The van der Waals surface area contributed by atoms with Crippen molar-refractivity contribution in [1.82, 2.24) is 10.3 Å². The lowest BCUT2D eigenvalue weighted by Crippen LogP contribution is -2.26. The summed E-state index contributed by atoms with van der Waals surface area (Å²) in [7, 11) is 2.19. The molecule has 1 heterocycles. The Labute approximate surface area is 123 Å². The first-order valence-electron chi connectivity index (χ1n) is 7.91. The number of hydrogen-bond donors (Lipinski definition) is 1. The predicted octanol–water partition coefficient (Wildman–Crippen LogP) is 3.29. The smallest absolute Gasteiger partial charge is 0.133 e. The van der Waals surface area contributed by atoms with Gasteiger partial charge in [-0.3, -0.25) is 0 Å². The third-order valence-corrected chi connectivity index (χ3v) is 4.33. The number of nitrogens with zero attached hydrogens (tertiary/aromatic N) is 2. The fraction of sp³-hybridized carbons (Fsp3) is 0.706. The standard InChI is InChI=1S/C17H29N3/c1-6-7-18-10-16-13(3)8-14(4)19-17(16)20(5)11-15-9-12(15)2/h8,12,15,18H,6-7,9-11H2,1-5H3. The van der Waals surface area contributed by atoms with Gasteiger partial charge in [-0.2, -0.15) is 0 Å². The fourth-order valence-corrected chi connectivity index (χ4v) is 2.86. The van der Waals surface area contributed by atoms with E-state index >= 15 is 0 Å². The highest BCUT2D eigenvalue weighted by molar-refractivity contribution is 5.51. The van der Waals surface area contributed by atoms with Gasteiger partial charge in [0.15, 0.2) is 0 Å². The van der Waals surface area contributed by atoms with E-state index in [1.807, 2.05) is 0 Å². The summed E-state index contributed by atoms with van der Waals surface area (Å²) < 4.78 is 0. The van der Waals surface area contributed by atoms with Crippen LogP contribution in [0.1, 0.15) is 43.5 Å². The average Bonchev–Trinajstić information content (AvgIpc) is 3.07. The van der Waals surface area contributed by atoms with Crippen LogP contribution < -0.4 is 10.2 Å². The van der Waals surface area contributed by atoms with Crippen molar-refractivity contribution < 1.29 is 0 Å². The highest BCUT2D eigenvalue weighted by Crippen LogP contribution is 2.39. The van der Waals surface area contributed by atoms with E-state index in [1.54, 1.807) is 0 Å². The monoisotopic (exact) mass is 275 g/mol. The van der Waals surface area contributed by atoms with Crippen molar-refractivity contribution in [2.75, 3.05) is 25.0 Å². The molecule has 1 fully saturated rings. The number of rotatable bonds is 7. The molecule has 0 aliphatic heterocycles. The van der Waals surface area contributed by atoms with E-state index < -0.39 is 0 Å². The van der Waals surface area contributed by atoms with Crippen molar-refractivity contribution in [3.8, 4) is 0 Å². The lowest BCUT2D eigenvalue weighted by Gasteiger charge is -2.23. The molecule has 1 aromatic heterocycles. The number of aryl methyl sites for hydroxylation is 2. The molecule has 1 N–H and O–H groups in total. The van der Waals surface area contributed by atoms with Crippen molar-refractivity contribution in [2.24, 2.45) is 11.8 Å². The third kappa shape index (κ3) is 3.72. The summed E-state index contributed by atoms with van der Waals surface area (Å²) in [4.78, 5) is 7.16. The number of anilines is 1. The first kappa shape index (κ1) is 15.3. The molecular formula is C17H29N3. The highest BCUT2D eigenvalue weighted by Gasteiger charge is 2.33. The number of nitrogens with one attached hydrogen (secondary N) is 1. The Morgan fingerprint density at radius 3 is 2.70 bits per heavy atom. The molecule has 3 nitrogen and oxygen atoms in total. The third-order valence-electron chi connectivity index (χ3n) is 4.33. The van der Waals surface area contributed by atoms with Crippen LogP contribution in [0.4, 0.5) is 5.82 Å². The second-order valence-electron chi connectivity index (χ2n) is 6.41. The van der Waals surface area contributed by atoms with Crippen LogP contribution in [-0.4, -0.2) is 25.1 Å². The van der Waals surface area contributed by atoms with Gasteiger partial charge in [-0.25, -0.2) is 4.98 Å². The zero-order valence-electron chi connectivity index (χ0n) is 13.7. The predicted molar refractivity (Wildman–Crippen MR) is 86.2 cm³/mol. The van der Waals surface area contributed by atoms with Crippen LogP contribution in [0.2, 0.25) is 0 Å². The van der Waals surface area contributed by atoms with Crippen molar-refractivity contribution in [2.45, 2.75) is 47.1 Å². The number of hydrogen-bond acceptors (Lipinski definition) is 3. The van der Waals surface area contributed by atoms with Crippen LogP contribution in [0.5, 0.6) is 0 Å². The van der Waals surface area contributed by atoms with Gasteiger partial charge in [0.25, 0.3) is 0 Å². The quantitative estimate of drug-likeness (QED) is 0.774. The molecule has 0 aromatic carbocycles. The van der Waals surface area contributed by atoms with Gasteiger partial charge in [0, 0.05) is 31.4 Å². The zero-order valence-corrected chi connectivity index (χ0v) is 13.7. The van der Waals surface area contributed by atoms with Crippen LogP contribution in [0.15, 0.2) is 6.07 Å². The summed E-state index contributed by atoms with van der Waals surface area (Å²) in [5.41, 5.74) is 3.83. The summed E-state index contributed by atoms with van der Waals surface area (Å²) in [6.45, 7) is 12.0. The Kier molecular flexibility index (Phi) is 5.03. The molecule has 112 valence electrons.